The van der Waals surface area contributed by atoms with E-state index in [2.05, 4.69) is 15.6 Å². The third-order valence-electron chi connectivity index (χ3n) is 3.67. The summed E-state index contributed by atoms with van der Waals surface area (Å²) in [5.41, 5.74) is 1.39. The van der Waals surface area contributed by atoms with Gasteiger partial charge in [0.05, 0.1) is 0 Å². The van der Waals surface area contributed by atoms with E-state index in [-0.39, 0.29) is 11.8 Å². The van der Waals surface area contributed by atoms with Crippen LogP contribution in [-0.2, 0) is 11.2 Å². The molecule has 2 aromatic carbocycles. The summed E-state index contributed by atoms with van der Waals surface area (Å²) >= 11 is 7.18. The van der Waals surface area contributed by atoms with E-state index in [0.717, 1.165) is 5.56 Å². The zero-order valence-corrected chi connectivity index (χ0v) is 15.3. The average molecular weight is 386 g/mol. The van der Waals surface area contributed by atoms with Crippen LogP contribution in [0.4, 0.5) is 5.13 Å². The van der Waals surface area contributed by atoms with Crippen molar-refractivity contribution in [1.29, 1.82) is 0 Å². The van der Waals surface area contributed by atoms with Crippen LogP contribution in [0.1, 0.15) is 15.9 Å². The van der Waals surface area contributed by atoms with Crippen LogP contribution < -0.4 is 10.6 Å². The lowest BCUT2D eigenvalue weighted by atomic mass is 10.0. The molecule has 0 aliphatic heterocycles. The molecule has 0 aliphatic carbocycles. The minimum Gasteiger partial charge on any atom is -0.340 e. The van der Waals surface area contributed by atoms with Crippen molar-refractivity contribution in [2.75, 3.05) is 5.32 Å². The van der Waals surface area contributed by atoms with Gasteiger partial charge in [-0.1, -0.05) is 41.9 Å². The number of hydrogen-bond donors (Lipinski definition) is 2. The zero-order valence-electron chi connectivity index (χ0n) is 13.7. The SMILES string of the molecule is O=C(NC(Cc1ccccc1)C(=O)Nc1nccs1)c1ccc(Cl)cc1. The molecule has 0 saturated heterocycles. The molecule has 7 heteroatoms. The minimum atomic E-state index is -0.732. The van der Waals surface area contributed by atoms with Crippen molar-refractivity contribution >= 4 is 39.9 Å². The molecule has 3 rings (SSSR count). The number of rotatable bonds is 6. The van der Waals surface area contributed by atoms with E-state index in [1.54, 1.807) is 35.8 Å². The second-order valence-corrected chi connectivity index (χ2v) is 6.88. The maximum atomic E-state index is 12.7. The summed E-state index contributed by atoms with van der Waals surface area (Å²) < 4.78 is 0. The molecule has 0 bridgehead atoms. The van der Waals surface area contributed by atoms with E-state index in [1.807, 2.05) is 30.3 Å². The van der Waals surface area contributed by atoms with E-state index in [0.29, 0.717) is 22.1 Å². The van der Waals surface area contributed by atoms with Crippen molar-refractivity contribution < 1.29 is 9.59 Å². The molecule has 1 heterocycles. The van der Waals surface area contributed by atoms with Gasteiger partial charge in [-0.05, 0) is 29.8 Å². The van der Waals surface area contributed by atoms with Gasteiger partial charge in [0, 0.05) is 28.6 Å². The third-order valence-corrected chi connectivity index (χ3v) is 4.61. The molecule has 0 fully saturated rings. The largest absolute Gasteiger partial charge is 0.340 e. The van der Waals surface area contributed by atoms with Crippen LogP contribution in [0.2, 0.25) is 5.02 Å². The van der Waals surface area contributed by atoms with Crippen molar-refractivity contribution in [3.63, 3.8) is 0 Å². The molecule has 0 spiro atoms. The predicted molar refractivity (Wildman–Crippen MR) is 104 cm³/mol. The van der Waals surface area contributed by atoms with E-state index in [4.69, 9.17) is 11.6 Å². The Labute approximate surface area is 160 Å². The lowest BCUT2D eigenvalue weighted by Gasteiger charge is -2.18. The molecule has 1 aromatic heterocycles. The number of amides is 2. The second-order valence-electron chi connectivity index (χ2n) is 5.55. The summed E-state index contributed by atoms with van der Waals surface area (Å²) in [6, 6.07) is 15.3. The van der Waals surface area contributed by atoms with Gasteiger partial charge in [-0.15, -0.1) is 11.3 Å². The molecule has 0 saturated carbocycles. The van der Waals surface area contributed by atoms with E-state index < -0.39 is 6.04 Å². The highest BCUT2D eigenvalue weighted by molar-refractivity contribution is 7.13. The first-order valence-electron chi connectivity index (χ1n) is 7.92. The Morgan fingerprint density at radius 3 is 2.46 bits per heavy atom. The van der Waals surface area contributed by atoms with Gasteiger partial charge in [-0.25, -0.2) is 4.98 Å². The quantitative estimate of drug-likeness (QED) is 0.678. The number of carbonyl (C=O) groups excluding carboxylic acids is 2. The Hall–Kier alpha value is -2.70. The number of anilines is 1. The fourth-order valence-electron chi connectivity index (χ4n) is 2.38. The molecule has 1 unspecified atom stereocenters. The van der Waals surface area contributed by atoms with E-state index in [9.17, 15) is 9.59 Å². The Kier molecular flexibility index (Phi) is 5.99. The van der Waals surface area contributed by atoms with Gasteiger partial charge in [0.2, 0.25) is 5.91 Å². The molecule has 26 heavy (non-hydrogen) atoms. The lowest BCUT2D eigenvalue weighted by Crippen LogP contribution is -2.45. The molecule has 2 amide bonds. The number of nitrogens with zero attached hydrogens (tertiary/aromatic N) is 1. The van der Waals surface area contributed by atoms with Crippen LogP contribution in [0.25, 0.3) is 0 Å². The van der Waals surface area contributed by atoms with Crippen LogP contribution in [0, 0.1) is 0 Å². The third kappa shape index (κ3) is 4.91. The summed E-state index contributed by atoms with van der Waals surface area (Å²) in [5, 5.41) is 8.35. The fraction of sp³-hybridized carbons (Fsp3) is 0.105. The van der Waals surface area contributed by atoms with Crippen molar-refractivity contribution in [3.8, 4) is 0 Å². The molecule has 2 N–H and O–H groups in total. The molecule has 5 nitrogen and oxygen atoms in total. The highest BCUT2D eigenvalue weighted by atomic mass is 35.5. The molecule has 0 radical (unpaired) electrons. The summed E-state index contributed by atoms with van der Waals surface area (Å²) in [7, 11) is 0. The summed E-state index contributed by atoms with van der Waals surface area (Å²) in [4.78, 5) is 29.2. The Morgan fingerprint density at radius 1 is 1.08 bits per heavy atom. The summed E-state index contributed by atoms with van der Waals surface area (Å²) in [6.07, 6.45) is 1.98. The number of aromatic nitrogens is 1. The Morgan fingerprint density at radius 2 is 1.81 bits per heavy atom. The number of nitrogens with one attached hydrogen (secondary N) is 2. The lowest BCUT2D eigenvalue weighted by molar-refractivity contribution is -0.118. The number of benzene rings is 2. The molecule has 3 aromatic rings. The van der Waals surface area contributed by atoms with Crippen LogP contribution in [0.15, 0.2) is 66.2 Å². The standard InChI is InChI=1S/C19H16ClN3O2S/c20-15-8-6-14(7-9-15)17(24)22-16(12-13-4-2-1-3-5-13)18(25)23-19-21-10-11-26-19/h1-11,16H,12H2,(H,22,24)(H,21,23,25). The van der Waals surface area contributed by atoms with Gasteiger partial charge in [0.1, 0.15) is 6.04 Å². The summed E-state index contributed by atoms with van der Waals surface area (Å²) in [6.45, 7) is 0. The first kappa shape index (κ1) is 18.1. The topological polar surface area (TPSA) is 71.1 Å². The average Bonchev–Trinajstić information content (AvgIpc) is 3.15. The highest BCUT2D eigenvalue weighted by Gasteiger charge is 2.22. The van der Waals surface area contributed by atoms with Crippen LogP contribution in [0.5, 0.6) is 0 Å². The Bertz CT molecular complexity index is 868. The molecular weight excluding hydrogens is 370 g/mol. The van der Waals surface area contributed by atoms with Crippen molar-refractivity contribution in [1.82, 2.24) is 10.3 Å². The van der Waals surface area contributed by atoms with Gasteiger partial charge in [-0.3, -0.25) is 9.59 Å². The zero-order chi connectivity index (χ0) is 18.4. The highest BCUT2D eigenvalue weighted by Crippen LogP contribution is 2.13. The maximum absolute atomic E-state index is 12.7. The van der Waals surface area contributed by atoms with Gasteiger partial charge >= 0.3 is 0 Å². The van der Waals surface area contributed by atoms with Gasteiger partial charge < -0.3 is 10.6 Å². The van der Waals surface area contributed by atoms with Gasteiger partial charge in [0.15, 0.2) is 5.13 Å². The molecule has 0 aliphatic rings. The van der Waals surface area contributed by atoms with E-state index >= 15 is 0 Å². The van der Waals surface area contributed by atoms with Crippen LogP contribution in [-0.4, -0.2) is 22.8 Å². The minimum absolute atomic E-state index is 0.314. The van der Waals surface area contributed by atoms with Crippen molar-refractivity contribution in [3.05, 3.63) is 82.3 Å². The summed E-state index contributed by atoms with van der Waals surface area (Å²) in [5.74, 6) is -0.650. The van der Waals surface area contributed by atoms with Crippen LogP contribution in [0.3, 0.4) is 0 Å². The van der Waals surface area contributed by atoms with Gasteiger partial charge in [-0.2, -0.15) is 0 Å². The first-order valence-corrected chi connectivity index (χ1v) is 9.18. The monoisotopic (exact) mass is 385 g/mol. The van der Waals surface area contributed by atoms with Gasteiger partial charge in [0.25, 0.3) is 5.91 Å². The molecule has 132 valence electrons. The first-order chi connectivity index (χ1) is 12.6. The second kappa shape index (κ2) is 8.60. The normalized spacial score (nSPS) is 11.6. The van der Waals surface area contributed by atoms with E-state index in [1.165, 1.54) is 11.3 Å². The number of hydrogen-bond acceptors (Lipinski definition) is 4. The predicted octanol–water partition coefficient (Wildman–Crippen LogP) is 3.78. The number of carbonyl (C=O) groups is 2. The fourth-order valence-corrected chi connectivity index (χ4v) is 3.04. The Balaban J connectivity index is 1.76. The van der Waals surface area contributed by atoms with Crippen molar-refractivity contribution in [2.24, 2.45) is 0 Å². The molecular formula is C19H16ClN3O2S. The number of halogens is 1. The maximum Gasteiger partial charge on any atom is 0.251 e. The van der Waals surface area contributed by atoms with Crippen molar-refractivity contribution in [2.45, 2.75) is 12.5 Å². The number of thiazole rings is 1. The smallest absolute Gasteiger partial charge is 0.251 e. The van der Waals surface area contributed by atoms with Crippen LogP contribution >= 0.6 is 22.9 Å². The molecule has 1 atom stereocenters.